The quantitative estimate of drug-likeness (QED) is 0.818. The lowest BCUT2D eigenvalue weighted by Gasteiger charge is -2.23. The van der Waals surface area contributed by atoms with Gasteiger partial charge in [0.1, 0.15) is 23.5 Å². The highest BCUT2D eigenvalue weighted by Crippen LogP contribution is 2.19. The molecule has 1 unspecified atom stereocenters. The van der Waals surface area contributed by atoms with Crippen molar-refractivity contribution in [2.45, 2.75) is 33.8 Å². The monoisotopic (exact) mass is 271 g/mol. The Kier molecular flexibility index (Phi) is 6.22. The standard InChI is InChI=1S/C15H23F2NO/c1-10(2)8-18-9-15(11(3)4)19-14-6-12(16)5-13(17)7-14/h5-7,10-11,15,18H,8-9H2,1-4H3. The molecule has 0 aromatic heterocycles. The molecule has 0 heterocycles. The van der Waals surface area contributed by atoms with Gasteiger partial charge in [0.25, 0.3) is 0 Å². The fourth-order valence-corrected chi connectivity index (χ4v) is 1.70. The molecule has 19 heavy (non-hydrogen) atoms. The van der Waals surface area contributed by atoms with Crippen LogP contribution in [-0.2, 0) is 0 Å². The molecule has 0 radical (unpaired) electrons. The van der Waals surface area contributed by atoms with Gasteiger partial charge in [0.2, 0.25) is 0 Å². The lowest BCUT2D eigenvalue weighted by atomic mass is 10.1. The van der Waals surface area contributed by atoms with Crippen LogP contribution in [0.1, 0.15) is 27.7 Å². The van der Waals surface area contributed by atoms with Crippen molar-refractivity contribution >= 4 is 0 Å². The van der Waals surface area contributed by atoms with Gasteiger partial charge in [-0.3, -0.25) is 0 Å². The number of ether oxygens (including phenoxy) is 1. The Morgan fingerprint density at radius 2 is 1.58 bits per heavy atom. The van der Waals surface area contributed by atoms with E-state index in [1.165, 1.54) is 12.1 Å². The molecule has 108 valence electrons. The van der Waals surface area contributed by atoms with E-state index in [9.17, 15) is 8.78 Å². The van der Waals surface area contributed by atoms with Crippen molar-refractivity contribution in [1.82, 2.24) is 5.32 Å². The summed E-state index contributed by atoms with van der Waals surface area (Å²) < 4.78 is 31.9. The van der Waals surface area contributed by atoms with Crippen LogP contribution in [0.2, 0.25) is 0 Å². The van der Waals surface area contributed by atoms with Gasteiger partial charge in [-0.1, -0.05) is 27.7 Å². The predicted octanol–water partition coefficient (Wildman–Crippen LogP) is 3.61. The molecule has 1 aromatic rings. The summed E-state index contributed by atoms with van der Waals surface area (Å²) in [5, 5.41) is 3.30. The molecule has 0 aliphatic rings. The normalized spacial score (nSPS) is 13.1. The van der Waals surface area contributed by atoms with E-state index in [-0.39, 0.29) is 17.8 Å². The molecule has 0 spiro atoms. The Morgan fingerprint density at radius 3 is 2.05 bits per heavy atom. The first kappa shape index (κ1) is 15.9. The maximum Gasteiger partial charge on any atom is 0.129 e. The van der Waals surface area contributed by atoms with Gasteiger partial charge in [-0.2, -0.15) is 0 Å². The average molecular weight is 271 g/mol. The van der Waals surface area contributed by atoms with Gasteiger partial charge in [0.15, 0.2) is 0 Å². The van der Waals surface area contributed by atoms with Crippen molar-refractivity contribution in [2.24, 2.45) is 11.8 Å². The van der Waals surface area contributed by atoms with Gasteiger partial charge < -0.3 is 10.1 Å². The van der Waals surface area contributed by atoms with E-state index in [2.05, 4.69) is 19.2 Å². The van der Waals surface area contributed by atoms with Gasteiger partial charge in [-0.05, 0) is 18.4 Å². The zero-order valence-electron chi connectivity index (χ0n) is 12.0. The summed E-state index contributed by atoms with van der Waals surface area (Å²) >= 11 is 0. The Balaban J connectivity index is 2.62. The largest absolute Gasteiger partial charge is 0.489 e. The Hall–Kier alpha value is -1.16. The maximum absolute atomic E-state index is 13.1. The van der Waals surface area contributed by atoms with Crippen molar-refractivity contribution < 1.29 is 13.5 Å². The second kappa shape index (κ2) is 7.43. The molecule has 1 rings (SSSR count). The Bertz CT molecular complexity index is 373. The molecule has 1 atom stereocenters. The zero-order chi connectivity index (χ0) is 14.4. The third kappa shape index (κ3) is 6.01. The van der Waals surface area contributed by atoms with E-state index in [0.717, 1.165) is 12.6 Å². The summed E-state index contributed by atoms with van der Waals surface area (Å²) in [5.41, 5.74) is 0. The van der Waals surface area contributed by atoms with Crippen LogP contribution in [0.4, 0.5) is 8.78 Å². The molecule has 0 saturated heterocycles. The van der Waals surface area contributed by atoms with E-state index >= 15 is 0 Å². The highest BCUT2D eigenvalue weighted by molar-refractivity contribution is 5.24. The van der Waals surface area contributed by atoms with Crippen LogP contribution in [0, 0.1) is 23.5 Å². The molecule has 0 fully saturated rings. The first-order valence-electron chi connectivity index (χ1n) is 6.72. The fraction of sp³-hybridized carbons (Fsp3) is 0.600. The summed E-state index contributed by atoms with van der Waals surface area (Å²) in [7, 11) is 0. The van der Waals surface area contributed by atoms with Gasteiger partial charge in [-0.15, -0.1) is 0 Å². The number of rotatable bonds is 7. The minimum absolute atomic E-state index is 0.111. The molecule has 0 aliphatic heterocycles. The molecular formula is C15H23F2NO. The van der Waals surface area contributed by atoms with Gasteiger partial charge in [0, 0.05) is 24.7 Å². The van der Waals surface area contributed by atoms with Crippen molar-refractivity contribution in [3.8, 4) is 5.75 Å². The molecular weight excluding hydrogens is 248 g/mol. The van der Waals surface area contributed by atoms with Crippen molar-refractivity contribution in [3.05, 3.63) is 29.8 Å². The highest BCUT2D eigenvalue weighted by Gasteiger charge is 2.16. The third-order valence-electron chi connectivity index (χ3n) is 2.77. The number of hydrogen-bond acceptors (Lipinski definition) is 2. The van der Waals surface area contributed by atoms with Crippen LogP contribution in [0.25, 0.3) is 0 Å². The summed E-state index contributed by atoms with van der Waals surface area (Å²) in [6, 6.07) is 3.26. The van der Waals surface area contributed by atoms with Crippen LogP contribution in [0.15, 0.2) is 18.2 Å². The van der Waals surface area contributed by atoms with Crippen LogP contribution in [0.3, 0.4) is 0 Å². The minimum Gasteiger partial charge on any atom is -0.489 e. The van der Waals surface area contributed by atoms with Gasteiger partial charge in [-0.25, -0.2) is 8.78 Å². The van der Waals surface area contributed by atoms with Crippen LogP contribution in [0.5, 0.6) is 5.75 Å². The lowest BCUT2D eigenvalue weighted by Crippen LogP contribution is -2.36. The highest BCUT2D eigenvalue weighted by atomic mass is 19.1. The average Bonchev–Trinajstić information content (AvgIpc) is 2.25. The number of hydrogen-bond donors (Lipinski definition) is 1. The number of nitrogens with one attached hydrogen (secondary N) is 1. The summed E-state index contributed by atoms with van der Waals surface area (Å²) in [6.07, 6.45) is -0.111. The second-order valence-corrected chi connectivity index (χ2v) is 5.56. The van der Waals surface area contributed by atoms with E-state index in [1.807, 2.05) is 13.8 Å². The van der Waals surface area contributed by atoms with Gasteiger partial charge in [0.05, 0.1) is 0 Å². The summed E-state index contributed by atoms with van der Waals surface area (Å²) in [6.45, 7) is 9.85. The molecule has 1 aromatic carbocycles. The molecule has 0 amide bonds. The predicted molar refractivity (Wildman–Crippen MR) is 73.3 cm³/mol. The van der Waals surface area contributed by atoms with Crippen LogP contribution < -0.4 is 10.1 Å². The van der Waals surface area contributed by atoms with Gasteiger partial charge >= 0.3 is 0 Å². The molecule has 0 bridgehead atoms. The second-order valence-electron chi connectivity index (χ2n) is 5.56. The van der Waals surface area contributed by atoms with Crippen molar-refractivity contribution in [1.29, 1.82) is 0 Å². The molecule has 1 N–H and O–H groups in total. The molecule has 4 heteroatoms. The Morgan fingerprint density at radius 1 is 1.00 bits per heavy atom. The molecule has 0 saturated carbocycles. The van der Waals surface area contributed by atoms with Crippen molar-refractivity contribution in [2.75, 3.05) is 13.1 Å². The van der Waals surface area contributed by atoms with E-state index in [0.29, 0.717) is 12.5 Å². The topological polar surface area (TPSA) is 21.3 Å². The van der Waals surface area contributed by atoms with Crippen molar-refractivity contribution in [3.63, 3.8) is 0 Å². The Labute approximate surface area is 114 Å². The SMILES string of the molecule is CC(C)CNCC(Oc1cc(F)cc(F)c1)C(C)C. The maximum atomic E-state index is 13.1. The van der Waals surface area contributed by atoms with E-state index < -0.39 is 11.6 Å². The lowest BCUT2D eigenvalue weighted by molar-refractivity contribution is 0.147. The third-order valence-corrected chi connectivity index (χ3v) is 2.77. The van der Waals surface area contributed by atoms with Crippen LogP contribution in [-0.4, -0.2) is 19.2 Å². The minimum atomic E-state index is -0.618. The van der Waals surface area contributed by atoms with E-state index in [4.69, 9.17) is 4.74 Å². The van der Waals surface area contributed by atoms with Crippen LogP contribution >= 0.6 is 0 Å². The smallest absolute Gasteiger partial charge is 0.129 e. The number of halogens is 2. The summed E-state index contributed by atoms with van der Waals surface area (Å²) in [5.74, 6) is -0.187. The summed E-state index contributed by atoms with van der Waals surface area (Å²) in [4.78, 5) is 0. The number of benzene rings is 1. The first-order valence-corrected chi connectivity index (χ1v) is 6.72. The molecule has 2 nitrogen and oxygen atoms in total. The fourth-order valence-electron chi connectivity index (χ4n) is 1.70. The first-order chi connectivity index (χ1) is 8.88. The van der Waals surface area contributed by atoms with E-state index in [1.54, 1.807) is 0 Å². The molecule has 0 aliphatic carbocycles. The zero-order valence-corrected chi connectivity index (χ0v) is 12.0.